The molecule has 0 amide bonds. The Hall–Kier alpha value is -4.05. The fourth-order valence-electron chi connectivity index (χ4n) is 7.55. The number of nitrogens with zero attached hydrogens (tertiary/aromatic N) is 1. The lowest BCUT2D eigenvalue weighted by Gasteiger charge is -2.26. The number of unbranched alkanes of at least 4 members (excludes halogenated alkanes) is 19. The van der Waals surface area contributed by atoms with Crippen LogP contribution in [0.1, 0.15) is 219 Å². The molecular formula is C64H107NO8. The van der Waals surface area contributed by atoms with E-state index in [4.69, 9.17) is 18.9 Å². The van der Waals surface area contributed by atoms with Gasteiger partial charge in [0.1, 0.15) is 13.2 Å². The van der Waals surface area contributed by atoms with Crippen LogP contribution in [-0.4, -0.2) is 82.3 Å². The Morgan fingerprint density at radius 2 is 0.781 bits per heavy atom. The average molecular weight is 1020 g/mol. The van der Waals surface area contributed by atoms with E-state index in [0.29, 0.717) is 17.4 Å². The van der Waals surface area contributed by atoms with Gasteiger partial charge >= 0.3 is 11.9 Å². The van der Waals surface area contributed by atoms with E-state index in [1.807, 2.05) is 21.1 Å². The van der Waals surface area contributed by atoms with Gasteiger partial charge in [-0.15, -0.1) is 0 Å². The minimum absolute atomic E-state index is 0.135. The van der Waals surface area contributed by atoms with Crippen molar-refractivity contribution >= 4 is 17.9 Å². The topological polar surface area (TPSA) is 111 Å². The number of carboxylic acid groups (broad SMARTS) is 1. The van der Waals surface area contributed by atoms with Crippen molar-refractivity contribution in [2.75, 3.05) is 47.5 Å². The number of hydrogen-bond acceptors (Lipinski definition) is 8. The number of allylic oxidation sites excluding steroid dienone is 18. The zero-order chi connectivity index (χ0) is 53.4. The molecule has 0 fully saturated rings. The van der Waals surface area contributed by atoms with Crippen LogP contribution < -0.4 is 5.11 Å². The summed E-state index contributed by atoms with van der Waals surface area (Å²) in [5, 5.41) is 11.8. The molecule has 0 saturated heterocycles. The summed E-state index contributed by atoms with van der Waals surface area (Å²) in [4.78, 5) is 37.3. The third kappa shape index (κ3) is 55.5. The lowest BCUT2D eigenvalue weighted by molar-refractivity contribution is -0.870. The van der Waals surface area contributed by atoms with Crippen LogP contribution in [0.15, 0.2) is 109 Å². The maximum Gasteiger partial charge on any atom is 0.306 e. The standard InChI is InChI=1S/C64H107NO8/c1-6-8-10-12-14-16-18-20-22-24-26-28-30-31-33-35-37-39-41-43-45-47-49-51-53-55-62(67)73-60(59-72-64(63(68)69)70-57-56-65(3,4)5)58-71-61(66)54-52-50-48-46-44-42-40-38-36-34-32-29-27-25-23-21-19-17-15-13-11-9-7-2/h8,10,14,16,19-22,25-28,31,33,37,39,43,45,60,64H,6-7,9,11-13,15,17-18,23-24,29-30,32,34-36,38,40-42,44,46-59H2,1-5H3/b10-8-,16-14-,21-19-,22-20-,27-25-,28-26-,33-31-,39-37-,45-43-. The van der Waals surface area contributed by atoms with Crippen molar-refractivity contribution in [3.05, 3.63) is 109 Å². The summed E-state index contributed by atoms with van der Waals surface area (Å²) in [6.45, 7) is 4.57. The van der Waals surface area contributed by atoms with Crippen LogP contribution in [0.2, 0.25) is 0 Å². The van der Waals surface area contributed by atoms with Crippen LogP contribution in [-0.2, 0) is 33.3 Å². The average Bonchev–Trinajstić information content (AvgIpc) is 3.36. The van der Waals surface area contributed by atoms with Gasteiger partial charge in [-0.2, -0.15) is 0 Å². The maximum atomic E-state index is 12.9. The van der Waals surface area contributed by atoms with Crippen molar-refractivity contribution in [3.63, 3.8) is 0 Å². The van der Waals surface area contributed by atoms with Crippen molar-refractivity contribution in [3.8, 4) is 0 Å². The summed E-state index contributed by atoms with van der Waals surface area (Å²) in [5.41, 5.74) is 0. The number of aliphatic carboxylic acids is 1. The van der Waals surface area contributed by atoms with Gasteiger partial charge < -0.3 is 33.3 Å². The highest BCUT2D eigenvalue weighted by Gasteiger charge is 2.22. The quantitative estimate of drug-likeness (QED) is 0.0195. The smallest absolute Gasteiger partial charge is 0.306 e. The maximum absolute atomic E-state index is 12.9. The molecule has 0 rings (SSSR count). The van der Waals surface area contributed by atoms with Gasteiger partial charge in [0.15, 0.2) is 12.4 Å². The molecular weight excluding hydrogens is 911 g/mol. The Kier molecular flexibility index (Phi) is 51.2. The molecule has 9 nitrogen and oxygen atoms in total. The number of carbonyl (C=O) groups excluding carboxylic acids is 3. The molecule has 0 aliphatic rings. The van der Waals surface area contributed by atoms with E-state index in [9.17, 15) is 19.5 Å². The number of rotatable bonds is 52. The third-order valence-corrected chi connectivity index (χ3v) is 12.0. The van der Waals surface area contributed by atoms with Crippen LogP contribution >= 0.6 is 0 Å². The fraction of sp³-hybridized carbons (Fsp3) is 0.672. The molecule has 0 aromatic carbocycles. The summed E-state index contributed by atoms with van der Waals surface area (Å²) >= 11 is 0. The zero-order valence-corrected chi connectivity index (χ0v) is 47.2. The van der Waals surface area contributed by atoms with E-state index in [-0.39, 0.29) is 38.6 Å². The second-order valence-corrected chi connectivity index (χ2v) is 20.2. The van der Waals surface area contributed by atoms with E-state index in [1.54, 1.807) is 0 Å². The summed E-state index contributed by atoms with van der Waals surface area (Å²) in [7, 11) is 5.90. The van der Waals surface area contributed by atoms with Crippen LogP contribution in [0.5, 0.6) is 0 Å². The van der Waals surface area contributed by atoms with Crippen LogP contribution in [0.4, 0.5) is 0 Å². The number of esters is 2. The van der Waals surface area contributed by atoms with Crippen LogP contribution in [0.25, 0.3) is 0 Å². The second-order valence-electron chi connectivity index (χ2n) is 20.2. The number of likely N-dealkylation sites (N-methyl/N-ethyl adjacent to an activating group) is 1. The van der Waals surface area contributed by atoms with E-state index in [1.165, 1.54) is 96.3 Å². The Balaban J connectivity index is 4.36. The Morgan fingerprint density at radius 1 is 0.425 bits per heavy atom. The van der Waals surface area contributed by atoms with E-state index >= 15 is 0 Å². The first kappa shape index (κ1) is 69.0. The zero-order valence-electron chi connectivity index (χ0n) is 47.2. The number of ether oxygens (including phenoxy) is 4. The first-order chi connectivity index (χ1) is 35.6. The summed E-state index contributed by atoms with van der Waals surface area (Å²) in [6.07, 6.45) is 71.3. The lowest BCUT2D eigenvalue weighted by atomic mass is 10.0. The van der Waals surface area contributed by atoms with Crippen LogP contribution in [0, 0.1) is 0 Å². The van der Waals surface area contributed by atoms with Gasteiger partial charge in [-0.1, -0.05) is 213 Å². The third-order valence-electron chi connectivity index (χ3n) is 12.0. The van der Waals surface area contributed by atoms with Crippen molar-refractivity contribution in [1.29, 1.82) is 0 Å². The van der Waals surface area contributed by atoms with Gasteiger partial charge in [-0.05, 0) is 103 Å². The molecule has 0 aromatic heterocycles. The molecule has 0 bridgehead atoms. The van der Waals surface area contributed by atoms with Gasteiger partial charge in [0, 0.05) is 12.8 Å². The molecule has 2 atom stereocenters. The number of quaternary nitrogens is 1. The predicted octanol–water partition coefficient (Wildman–Crippen LogP) is 15.8. The Labute approximate surface area is 447 Å². The summed E-state index contributed by atoms with van der Waals surface area (Å²) in [6, 6.07) is 0. The molecule has 0 radical (unpaired) electrons. The summed E-state index contributed by atoms with van der Waals surface area (Å²) in [5.74, 6) is -2.34. The van der Waals surface area contributed by atoms with Crippen molar-refractivity contribution in [2.24, 2.45) is 0 Å². The number of hydrogen-bond donors (Lipinski definition) is 0. The largest absolute Gasteiger partial charge is 0.545 e. The van der Waals surface area contributed by atoms with Crippen molar-refractivity contribution in [2.45, 2.75) is 232 Å². The highest BCUT2D eigenvalue weighted by atomic mass is 16.7. The minimum Gasteiger partial charge on any atom is -0.545 e. The van der Waals surface area contributed by atoms with Gasteiger partial charge in [-0.3, -0.25) is 9.59 Å². The lowest BCUT2D eigenvalue weighted by Crippen LogP contribution is -2.44. The van der Waals surface area contributed by atoms with E-state index < -0.39 is 24.3 Å². The van der Waals surface area contributed by atoms with Gasteiger partial charge in [0.2, 0.25) is 0 Å². The molecule has 0 aromatic rings. The van der Waals surface area contributed by atoms with Crippen molar-refractivity contribution in [1.82, 2.24) is 0 Å². The predicted molar refractivity (Wildman–Crippen MR) is 306 cm³/mol. The molecule has 0 saturated carbocycles. The number of carboxylic acids is 1. The molecule has 0 heterocycles. The van der Waals surface area contributed by atoms with Gasteiger partial charge in [0.05, 0.1) is 40.3 Å². The highest BCUT2D eigenvalue weighted by Crippen LogP contribution is 2.14. The minimum atomic E-state index is -1.64. The normalized spacial score (nSPS) is 13.6. The first-order valence-corrected chi connectivity index (χ1v) is 29.0. The number of carbonyl (C=O) groups is 3. The molecule has 9 heteroatoms. The molecule has 2 unspecified atom stereocenters. The van der Waals surface area contributed by atoms with E-state index in [2.05, 4.69) is 123 Å². The molecule has 0 N–H and O–H groups in total. The van der Waals surface area contributed by atoms with Crippen LogP contribution in [0.3, 0.4) is 0 Å². The van der Waals surface area contributed by atoms with Gasteiger partial charge in [0.25, 0.3) is 0 Å². The molecule has 0 spiro atoms. The molecule has 73 heavy (non-hydrogen) atoms. The van der Waals surface area contributed by atoms with Crippen molar-refractivity contribution < 1.29 is 42.9 Å². The molecule has 0 aliphatic heterocycles. The summed E-state index contributed by atoms with van der Waals surface area (Å²) < 4.78 is 22.7. The monoisotopic (exact) mass is 1020 g/mol. The highest BCUT2D eigenvalue weighted by molar-refractivity contribution is 5.70. The molecule has 416 valence electrons. The Bertz CT molecular complexity index is 1560. The first-order valence-electron chi connectivity index (χ1n) is 29.0. The SMILES string of the molecule is CC/C=C\C/C=C\C/C=C\C/C=C\C/C=C\C/C=C\C/C=C\CCCCCC(=O)OC(COC(=O)CCCCCCCCCCCCC/C=C\C/C=C\CCCCCCC)COC(OCC[N+](C)(C)C)C(=O)[O-]. The second kappa shape index (κ2) is 54.2. The van der Waals surface area contributed by atoms with Gasteiger partial charge in [-0.25, -0.2) is 0 Å². The van der Waals surface area contributed by atoms with E-state index in [0.717, 1.165) is 89.9 Å². The molecule has 0 aliphatic carbocycles. The fourth-order valence-corrected chi connectivity index (χ4v) is 7.55. The Morgan fingerprint density at radius 3 is 1.18 bits per heavy atom.